The Morgan fingerprint density at radius 3 is 0.648 bits per heavy atom. The van der Waals surface area contributed by atoms with Gasteiger partial charge in [-0.2, -0.15) is 0 Å². The number of hydrogen-bond acceptors (Lipinski definition) is 2. The molecule has 2 nitrogen and oxygen atoms in total. The van der Waals surface area contributed by atoms with E-state index in [0.29, 0.717) is 6.17 Å². The van der Waals surface area contributed by atoms with Crippen LogP contribution in [0.3, 0.4) is 0 Å². The van der Waals surface area contributed by atoms with Crippen LogP contribution in [0, 0.1) is 0 Å². The van der Waals surface area contributed by atoms with Crippen molar-refractivity contribution in [2.45, 2.75) is 309 Å². The average molecular weight is 757 g/mol. The number of nitrogens with zero attached hydrogens (tertiary/aromatic N) is 2. The topological polar surface area (TPSA) is 6.48 Å². The maximum absolute atomic E-state index is 2.74. The molecule has 0 amide bonds. The maximum atomic E-state index is 2.74. The SMILES string of the molecule is CCCCCCCCCCCCCCCCCCCC1N(CCCCCCCCCCC)C=CN1CCCCCCCCCCCCCCCCCCC. The van der Waals surface area contributed by atoms with Crippen LogP contribution >= 0.6 is 0 Å². The molecule has 2 heteroatoms. The summed E-state index contributed by atoms with van der Waals surface area (Å²) in [4.78, 5) is 5.48. The van der Waals surface area contributed by atoms with Crippen LogP contribution < -0.4 is 0 Å². The molecule has 0 fully saturated rings. The third kappa shape index (κ3) is 34.6. The standard InChI is InChI=1S/C52H104N2/c1-4-7-10-13-16-19-21-23-25-27-29-31-33-35-38-41-44-47-52-53(48-45-42-39-36-18-15-12-9-6-3)50-51-54(52)49-46-43-40-37-34-32-30-28-26-24-22-20-17-14-11-8-5-2/h50-52H,4-49H2,1-3H3. The molecule has 0 N–H and O–H groups in total. The minimum atomic E-state index is 0.636. The molecular formula is C52H104N2. The summed E-state index contributed by atoms with van der Waals surface area (Å²) >= 11 is 0. The molecule has 0 radical (unpaired) electrons. The first-order valence-electron chi connectivity index (χ1n) is 26.0. The van der Waals surface area contributed by atoms with Gasteiger partial charge in [0.1, 0.15) is 6.17 Å². The van der Waals surface area contributed by atoms with E-state index >= 15 is 0 Å². The second-order valence-electron chi connectivity index (χ2n) is 18.2. The summed E-state index contributed by atoms with van der Waals surface area (Å²) in [5, 5.41) is 0. The molecule has 0 spiro atoms. The fourth-order valence-corrected chi connectivity index (χ4v) is 9.02. The summed E-state index contributed by atoms with van der Waals surface area (Å²) in [5.41, 5.74) is 0. The minimum absolute atomic E-state index is 0.636. The van der Waals surface area contributed by atoms with Gasteiger partial charge < -0.3 is 9.80 Å². The molecular weight excluding hydrogens is 653 g/mol. The van der Waals surface area contributed by atoms with Crippen LogP contribution in [0.5, 0.6) is 0 Å². The first-order chi connectivity index (χ1) is 26.8. The van der Waals surface area contributed by atoms with E-state index in [9.17, 15) is 0 Å². The molecule has 0 bridgehead atoms. The van der Waals surface area contributed by atoms with Gasteiger partial charge in [-0.05, 0) is 25.7 Å². The van der Waals surface area contributed by atoms with Crippen molar-refractivity contribution in [1.82, 2.24) is 9.80 Å². The highest BCUT2D eigenvalue weighted by Gasteiger charge is 2.25. The van der Waals surface area contributed by atoms with Gasteiger partial charge in [0.25, 0.3) is 0 Å². The summed E-state index contributed by atoms with van der Waals surface area (Å²) in [7, 11) is 0. The molecule has 1 aliphatic rings. The Balaban J connectivity index is 2.15. The molecule has 0 aromatic carbocycles. The molecule has 0 aromatic heterocycles. The van der Waals surface area contributed by atoms with Crippen LogP contribution in [0.4, 0.5) is 0 Å². The van der Waals surface area contributed by atoms with Gasteiger partial charge in [-0.25, -0.2) is 0 Å². The van der Waals surface area contributed by atoms with Gasteiger partial charge in [-0.3, -0.25) is 0 Å². The quantitative estimate of drug-likeness (QED) is 0.0571. The van der Waals surface area contributed by atoms with Crippen molar-refractivity contribution in [2.75, 3.05) is 13.1 Å². The second-order valence-corrected chi connectivity index (χ2v) is 18.2. The molecule has 0 aliphatic carbocycles. The lowest BCUT2D eigenvalue weighted by Gasteiger charge is -2.33. The zero-order valence-electron chi connectivity index (χ0n) is 38.2. The van der Waals surface area contributed by atoms with Gasteiger partial charge in [0.2, 0.25) is 0 Å². The Kier molecular flexibility index (Phi) is 41.3. The molecule has 1 unspecified atom stereocenters. The van der Waals surface area contributed by atoms with Crippen molar-refractivity contribution in [3.05, 3.63) is 12.4 Å². The van der Waals surface area contributed by atoms with E-state index < -0.39 is 0 Å². The molecule has 0 saturated heterocycles. The Hall–Kier alpha value is -0.660. The number of unbranched alkanes of at least 4 members (excludes halogenated alkanes) is 40. The maximum Gasteiger partial charge on any atom is 0.101 e. The summed E-state index contributed by atoms with van der Waals surface area (Å²) in [5.74, 6) is 0. The predicted molar refractivity (Wildman–Crippen MR) is 247 cm³/mol. The van der Waals surface area contributed by atoms with Gasteiger partial charge in [0.05, 0.1) is 0 Å². The summed E-state index contributed by atoms with van der Waals surface area (Å²) in [6, 6.07) is 0. The van der Waals surface area contributed by atoms with Crippen LogP contribution in [0.2, 0.25) is 0 Å². The monoisotopic (exact) mass is 757 g/mol. The zero-order valence-corrected chi connectivity index (χ0v) is 38.2. The predicted octanol–water partition coefficient (Wildman–Crippen LogP) is 18.6. The van der Waals surface area contributed by atoms with Gasteiger partial charge in [0, 0.05) is 25.5 Å². The average Bonchev–Trinajstić information content (AvgIpc) is 3.57. The second kappa shape index (κ2) is 43.5. The third-order valence-corrected chi connectivity index (χ3v) is 12.8. The van der Waals surface area contributed by atoms with E-state index in [0.717, 1.165) is 0 Å². The first-order valence-corrected chi connectivity index (χ1v) is 26.0. The molecule has 1 heterocycles. The van der Waals surface area contributed by atoms with Crippen molar-refractivity contribution in [3.63, 3.8) is 0 Å². The lowest BCUT2D eigenvalue weighted by Crippen LogP contribution is -2.39. The largest absolute Gasteiger partial charge is 0.356 e. The molecule has 0 saturated carbocycles. The number of hydrogen-bond donors (Lipinski definition) is 0. The van der Waals surface area contributed by atoms with E-state index in [1.165, 1.54) is 296 Å². The zero-order chi connectivity index (χ0) is 38.7. The normalized spacial score (nSPS) is 14.3. The van der Waals surface area contributed by atoms with Crippen molar-refractivity contribution in [2.24, 2.45) is 0 Å². The Bertz CT molecular complexity index is 717. The summed E-state index contributed by atoms with van der Waals surface area (Å²) in [6.45, 7) is 9.50. The fraction of sp³-hybridized carbons (Fsp3) is 0.962. The smallest absolute Gasteiger partial charge is 0.101 e. The third-order valence-electron chi connectivity index (χ3n) is 12.8. The van der Waals surface area contributed by atoms with Gasteiger partial charge >= 0.3 is 0 Å². The highest BCUT2D eigenvalue weighted by molar-refractivity contribution is 4.97. The van der Waals surface area contributed by atoms with E-state index in [4.69, 9.17) is 0 Å². The first kappa shape index (κ1) is 51.4. The lowest BCUT2D eigenvalue weighted by molar-refractivity contribution is 0.135. The van der Waals surface area contributed by atoms with Gasteiger partial charge in [-0.15, -0.1) is 0 Å². The van der Waals surface area contributed by atoms with Crippen molar-refractivity contribution in [1.29, 1.82) is 0 Å². The summed E-state index contributed by atoms with van der Waals surface area (Å²) in [6.07, 6.45) is 69.4. The van der Waals surface area contributed by atoms with Crippen molar-refractivity contribution in [3.8, 4) is 0 Å². The minimum Gasteiger partial charge on any atom is -0.356 e. The van der Waals surface area contributed by atoms with E-state index in [1.54, 1.807) is 0 Å². The van der Waals surface area contributed by atoms with Gasteiger partial charge in [-0.1, -0.05) is 278 Å². The van der Waals surface area contributed by atoms with Crippen LogP contribution in [0.25, 0.3) is 0 Å². The summed E-state index contributed by atoms with van der Waals surface area (Å²) < 4.78 is 0. The highest BCUT2D eigenvalue weighted by Crippen LogP contribution is 2.24. The molecule has 1 atom stereocenters. The van der Waals surface area contributed by atoms with Crippen molar-refractivity contribution < 1.29 is 0 Å². The van der Waals surface area contributed by atoms with Crippen LogP contribution in [-0.4, -0.2) is 29.1 Å². The van der Waals surface area contributed by atoms with Crippen LogP contribution in [0.15, 0.2) is 12.4 Å². The molecule has 54 heavy (non-hydrogen) atoms. The molecule has 1 aliphatic heterocycles. The molecule has 322 valence electrons. The van der Waals surface area contributed by atoms with E-state index in [1.807, 2.05) is 0 Å². The molecule has 1 rings (SSSR count). The van der Waals surface area contributed by atoms with Crippen molar-refractivity contribution >= 4 is 0 Å². The van der Waals surface area contributed by atoms with Crippen LogP contribution in [0.1, 0.15) is 303 Å². The Morgan fingerprint density at radius 2 is 0.426 bits per heavy atom. The Morgan fingerprint density at radius 1 is 0.241 bits per heavy atom. The van der Waals surface area contributed by atoms with Gasteiger partial charge in [0.15, 0.2) is 0 Å². The van der Waals surface area contributed by atoms with E-state index in [2.05, 4.69) is 43.0 Å². The van der Waals surface area contributed by atoms with Crippen LogP contribution in [-0.2, 0) is 0 Å². The van der Waals surface area contributed by atoms with E-state index in [-0.39, 0.29) is 0 Å². The lowest BCUT2D eigenvalue weighted by atomic mass is 10.0. The fourth-order valence-electron chi connectivity index (χ4n) is 9.02. The number of rotatable bonds is 46. The highest BCUT2D eigenvalue weighted by atomic mass is 15.4. The molecule has 0 aromatic rings. The Labute approximate surface area is 343 Å².